The molecule has 1 unspecified atom stereocenters. The van der Waals surface area contributed by atoms with Crippen molar-refractivity contribution in [2.24, 2.45) is 0 Å². The first-order valence-electron chi connectivity index (χ1n) is 4.28. The fourth-order valence-corrected chi connectivity index (χ4v) is 1.65. The average molecular weight is 194 g/mol. The Morgan fingerprint density at radius 2 is 2.46 bits per heavy atom. The van der Waals surface area contributed by atoms with Gasteiger partial charge in [-0.2, -0.15) is 5.26 Å². The van der Waals surface area contributed by atoms with Gasteiger partial charge in [-0.05, 0) is 19.8 Å². The van der Waals surface area contributed by atoms with Crippen molar-refractivity contribution >= 4 is 11.8 Å². The smallest absolute Gasteiger partial charge is 0.209 e. The molecule has 1 heterocycles. The molecular weight excluding hydrogens is 184 g/mol. The largest absolute Gasteiger partial charge is 0.262 e. The number of H-pyrrole nitrogens is 1. The Labute approximate surface area is 80.7 Å². The van der Waals surface area contributed by atoms with Crippen molar-refractivity contribution in [3.63, 3.8) is 0 Å². The predicted molar refractivity (Wildman–Crippen MR) is 49.3 cm³/mol. The molecule has 68 valence electrons. The van der Waals surface area contributed by atoms with Crippen molar-refractivity contribution in [1.82, 2.24) is 15.2 Å². The summed E-state index contributed by atoms with van der Waals surface area (Å²) >= 11 is 1.39. The third-order valence-corrected chi connectivity index (χ3v) is 2.76. The maximum atomic E-state index is 8.59. The van der Waals surface area contributed by atoms with E-state index in [1.54, 1.807) is 0 Å². The van der Waals surface area contributed by atoms with Gasteiger partial charge < -0.3 is 0 Å². The number of hydrogen-bond acceptors (Lipinski definition) is 4. The number of nitrogens with one attached hydrogen (secondary N) is 1. The third kappa shape index (κ3) is 2.01. The van der Waals surface area contributed by atoms with E-state index in [0.29, 0.717) is 11.1 Å². The second kappa shape index (κ2) is 3.38. The molecule has 1 N–H and O–H groups in total. The van der Waals surface area contributed by atoms with Gasteiger partial charge >= 0.3 is 0 Å². The molecule has 1 saturated carbocycles. The summed E-state index contributed by atoms with van der Waals surface area (Å²) in [6.07, 6.45) is 2.43. The molecule has 4 nitrogen and oxygen atoms in total. The summed E-state index contributed by atoms with van der Waals surface area (Å²) in [7, 11) is 0. The molecule has 13 heavy (non-hydrogen) atoms. The highest BCUT2D eigenvalue weighted by atomic mass is 32.2. The molecule has 1 aromatic rings. The Morgan fingerprint density at radius 1 is 1.69 bits per heavy atom. The maximum Gasteiger partial charge on any atom is 0.209 e. The first-order valence-corrected chi connectivity index (χ1v) is 5.16. The van der Waals surface area contributed by atoms with Crippen molar-refractivity contribution in [2.75, 3.05) is 0 Å². The predicted octanol–water partition coefficient (Wildman–Crippen LogP) is 1.69. The summed E-state index contributed by atoms with van der Waals surface area (Å²) in [6, 6.07) is 2.14. The monoisotopic (exact) mass is 194 g/mol. The molecular formula is C8H10N4S. The van der Waals surface area contributed by atoms with E-state index in [1.165, 1.54) is 24.6 Å². The van der Waals surface area contributed by atoms with E-state index >= 15 is 0 Å². The zero-order chi connectivity index (χ0) is 9.26. The highest BCUT2D eigenvalue weighted by Crippen LogP contribution is 2.38. The second-order valence-electron chi connectivity index (χ2n) is 3.17. The molecule has 2 rings (SSSR count). The standard InChI is InChI=1S/C8H10N4S/c1-5(4-9)13-8-10-7(11-12-8)6-2-3-6/h5-6H,2-3H2,1H3,(H,10,11,12). The number of thioether (sulfide) groups is 1. The van der Waals surface area contributed by atoms with Crippen LogP contribution >= 0.6 is 11.8 Å². The van der Waals surface area contributed by atoms with E-state index in [2.05, 4.69) is 21.3 Å². The van der Waals surface area contributed by atoms with Gasteiger partial charge in [0.15, 0.2) is 0 Å². The Morgan fingerprint density at radius 3 is 3.08 bits per heavy atom. The highest BCUT2D eigenvalue weighted by molar-refractivity contribution is 7.99. The lowest BCUT2D eigenvalue weighted by Crippen LogP contribution is -1.90. The molecule has 1 fully saturated rings. The number of hydrogen-bond donors (Lipinski definition) is 1. The van der Waals surface area contributed by atoms with Gasteiger partial charge in [-0.25, -0.2) is 4.98 Å². The van der Waals surface area contributed by atoms with Gasteiger partial charge in [0.05, 0.1) is 11.3 Å². The van der Waals surface area contributed by atoms with E-state index in [9.17, 15) is 0 Å². The van der Waals surface area contributed by atoms with Crippen molar-refractivity contribution in [3.05, 3.63) is 5.82 Å². The Hall–Kier alpha value is -1.02. The van der Waals surface area contributed by atoms with E-state index in [4.69, 9.17) is 5.26 Å². The lowest BCUT2D eigenvalue weighted by Gasteiger charge is -1.93. The van der Waals surface area contributed by atoms with Crippen LogP contribution < -0.4 is 0 Å². The Bertz CT molecular complexity index is 336. The second-order valence-corrected chi connectivity index (χ2v) is 4.47. The summed E-state index contributed by atoms with van der Waals surface area (Å²) in [5.41, 5.74) is 0. The minimum absolute atomic E-state index is 0.0807. The van der Waals surface area contributed by atoms with Crippen LogP contribution in [0.25, 0.3) is 0 Å². The molecule has 1 aliphatic rings. The Balaban J connectivity index is 2.01. The number of aromatic nitrogens is 3. The quantitative estimate of drug-likeness (QED) is 0.743. The zero-order valence-electron chi connectivity index (χ0n) is 7.32. The summed E-state index contributed by atoms with van der Waals surface area (Å²) in [5.74, 6) is 1.58. The summed E-state index contributed by atoms with van der Waals surface area (Å²) in [5, 5.41) is 16.1. The van der Waals surface area contributed by atoms with E-state index < -0.39 is 0 Å². The van der Waals surface area contributed by atoms with Crippen LogP contribution in [-0.4, -0.2) is 20.4 Å². The van der Waals surface area contributed by atoms with Crippen LogP contribution in [0.15, 0.2) is 5.16 Å². The molecule has 0 radical (unpaired) electrons. The van der Waals surface area contributed by atoms with Gasteiger partial charge in [-0.1, -0.05) is 11.8 Å². The zero-order valence-corrected chi connectivity index (χ0v) is 8.14. The van der Waals surface area contributed by atoms with Gasteiger partial charge in [-0.3, -0.25) is 5.10 Å². The summed E-state index contributed by atoms with van der Waals surface area (Å²) in [6.45, 7) is 1.85. The van der Waals surface area contributed by atoms with Crippen molar-refractivity contribution in [1.29, 1.82) is 5.26 Å². The average Bonchev–Trinajstić information content (AvgIpc) is 2.88. The highest BCUT2D eigenvalue weighted by Gasteiger charge is 2.27. The fraction of sp³-hybridized carbons (Fsp3) is 0.625. The van der Waals surface area contributed by atoms with Gasteiger partial charge in [0.1, 0.15) is 5.82 Å². The van der Waals surface area contributed by atoms with Crippen molar-refractivity contribution in [2.45, 2.75) is 36.1 Å². The molecule has 1 aromatic heterocycles. The fourth-order valence-electron chi connectivity index (χ4n) is 1.03. The van der Waals surface area contributed by atoms with Crippen LogP contribution in [0.4, 0.5) is 0 Å². The minimum atomic E-state index is -0.0807. The molecule has 5 heteroatoms. The molecule has 0 bridgehead atoms. The third-order valence-electron chi connectivity index (χ3n) is 1.91. The van der Waals surface area contributed by atoms with Crippen LogP contribution in [0.1, 0.15) is 31.5 Å². The van der Waals surface area contributed by atoms with Crippen LogP contribution in [0.2, 0.25) is 0 Å². The van der Waals surface area contributed by atoms with Crippen molar-refractivity contribution < 1.29 is 0 Å². The van der Waals surface area contributed by atoms with Crippen LogP contribution in [0.5, 0.6) is 0 Å². The Kier molecular flexibility index (Phi) is 2.23. The van der Waals surface area contributed by atoms with Crippen LogP contribution in [0, 0.1) is 11.3 Å². The normalized spacial score (nSPS) is 18.2. The lowest BCUT2D eigenvalue weighted by molar-refractivity contribution is 0.931. The van der Waals surface area contributed by atoms with Crippen LogP contribution in [0.3, 0.4) is 0 Å². The van der Waals surface area contributed by atoms with Crippen LogP contribution in [-0.2, 0) is 0 Å². The van der Waals surface area contributed by atoms with Gasteiger partial charge in [0, 0.05) is 5.92 Å². The van der Waals surface area contributed by atoms with Crippen molar-refractivity contribution in [3.8, 4) is 6.07 Å². The SMILES string of the molecule is CC(C#N)Sc1n[nH]c(C2CC2)n1. The molecule has 0 aromatic carbocycles. The minimum Gasteiger partial charge on any atom is -0.262 e. The first kappa shape index (κ1) is 8.57. The number of nitriles is 1. The molecule has 0 amide bonds. The first-order chi connectivity index (χ1) is 6.29. The van der Waals surface area contributed by atoms with Gasteiger partial charge in [0.25, 0.3) is 0 Å². The number of aromatic amines is 1. The molecule has 1 atom stereocenters. The summed E-state index contributed by atoms with van der Waals surface area (Å²) in [4.78, 5) is 4.31. The molecule has 1 aliphatic carbocycles. The van der Waals surface area contributed by atoms with Gasteiger partial charge in [0.2, 0.25) is 5.16 Å². The number of rotatable bonds is 3. The number of nitrogens with zero attached hydrogens (tertiary/aromatic N) is 3. The maximum absolute atomic E-state index is 8.59. The van der Waals surface area contributed by atoms with E-state index in [0.717, 1.165) is 5.82 Å². The molecule has 0 aliphatic heterocycles. The molecule has 0 saturated heterocycles. The lowest BCUT2D eigenvalue weighted by atomic mass is 10.4. The van der Waals surface area contributed by atoms with E-state index in [-0.39, 0.29) is 5.25 Å². The van der Waals surface area contributed by atoms with Gasteiger partial charge in [-0.15, -0.1) is 5.10 Å². The topological polar surface area (TPSA) is 65.4 Å². The summed E-state index contributed by atoms with van der Waals surface area (Å²) < 4.78 is 0. The molecule has 0 spiro atoms. The van der Waals surface area contributed by atoms with E-state index in [1.807, 2.05) is 6.92 Å².